The maximum absolute atomic E-state index is 5.72. The van der Waals surface area contributed by atoms with Gasteiger partial charge < -0.3 is 18.9 Å². The normalized spacial score (nSPS) is 10.8. The number of benzene rings is 4. The van der Waals surface area contributed by atoms with Crippen LogP contribution < -0.4 is 18.9 Å². The molecular weight excluding hydrogens is 1190 g/mol. The van der Waals surface area contributed by atoms with Gasteiger partial charge in [-0.15, -0.1) is 0 Å². The fourth-order valence-electron chi connectivity index (χ4n) is 11.4. The number of aryl methyl sites for hydroxylation is 12. The number of nitrogens with zero attached hydrogens (tertiary/aromatic N) is 4. The van der Waals surface area contributed by atoms with Crippen molar-refractivity contribution >= 4 is 0 Å². The monoisotopic (exact) mass is 1310 g/mol. The predicted molar refractivity (Wildman–Crippen MR) is 411 cm³/mol. The molecule has 0 N–H and O–H groups in total. The number of unbranched alkanes of at least 4 members (excludes halogenated alkanes) is 16. The Bertz CT molecular complexity index is 3110. The second kappa shape index (κ2) is 52.8. The van der Waals surface area contributed by atoms with Crippen LogP contribution in [-0.4, -0.2) is 46.9 Å². The molecule has 0 radical (unpaired) electrons. The average Bonchev–Trinajstić information content (AvgIpc) is 2.26. The van der Waals surface area contributed by atoms with Gasteiger partial charge in [-0.3, -0.25) is 19.9 Å². The van der Waals surface area contributed by atoms with Crippen LogP contribution in [0.3, 0.4) is 0 Å². The molecule has 0 atom stereocenters. The van der Waals surface area contributed by atoms with Crippen LogP contribution in [0.4, 0.5) is 0 Å². The quantitative estimate of drug-likeness (QED) is 0.0349. The molecule has 8 aromatic rings. The molecule has 8 nitrogen and oxygen atoms in total. The predicted octanol–water partition coefficient (Wildman–Crippen LogP) is 23.5. The van der Waals surface area contributed by atoms with Gasteiger partial charge >= 0.3 is 0 Å². The Hall–Kier alpha value is -7.32. The summed E-state index contributed by atoms with van der Waals surface area (Å²) in [6.07, 6.45) is 49.5. The minimum Gasteiger partial charge on any atom is -0.497 e. The van der Waals surface area contributed by atoms with Crippen LogP contribution in [0.15, 0.2) is 170 Å². The SMILES string of the molecule is CCCCCCCc1ccc(CCc2ccc(OCC)cc2)nc1.CCCCCCCc1ccc(CCc2ccc(OCCC)cc2)nc1.CCCCCCCc1ccc(CCc2ccc(OCCCC)cc2)nc1.CCCCCCc1ccc(CCc2ccc(OC)cc2)nc1. The largest absolute Gasteiger partial charge is 0.497 e. The van der Waals surface area contributed by atoms with Crippen LogP contribution in [0.2, 0.25) is 0 Å². The highest BCUT2D eigenvalue weighted by atomic mass is 16.5. The fourth-order valence-corrected chi connectivity index (χ4v) is 11.4. The minimum atomic E-state index is 0.716. The Morgan fingerprint density at radius 1 is 0.216 bits per heavy atom. The van der Waals surface area contributed by atoms with Gasteiger partial charge in [0.25, 0.3) is 0 Å². The Morgan fingerprint density at radius 3 is 0.732 bits per heavy atom. The second-order valence-electron chi connectivity index (χ2n) is 26.2. The molecule has 0 saturated carbocycles. The molecule has 97 heavy (non-hydrogen) atoms. The maximum Gasteiger partial charge on any atom is 0.119 e. The molecule has 0 unspecified atom stereocenters. The molecule has 4 heterocycles. The third-order valence-corrected chi connectivity index (χ3v) is 17.7. The number of pyridine rings is 4. The van der Waals surface area contributed by atoms with E-state index in [0.717, 1.165) is 126 Å². The van der Waals surface area contributed by atoms with E-state index in [1.807, 2.05) is 31.2 Å². The van der Waals surface area contributed by atoms with Gasteiger partial charge in [0, 0.05) is 47.6 Å². The molecule has 8 rings (SSSR count). The molecular formula is C89H126N4O4. The van der Waals surface area contributed by atoms with E-state index in [1.165, 1.54) is 196 Å². The lowest BCUT2D eigenvalue weighted by Crippen LogP contribution is -1.98. The van der Waals surface area contributed by atoms with Crippen molar-refractivity contribution in [1.82, 2.24) is 19.9 Å². The Labute approximate surface area is 590 Å². The third kappa shape index (κ3) is 37.3. The van der Waals surface area contributed by atoms with Gasteiger partial charge in [-0.1, -0.05) is 217 Å². The highest BCUT2D eigenvalue weighted by molar-refractivity contribution is 5.31. The lowest BCUT2D eigenvalue weighted by molar-refractivity contribution is 0.309. The topological polar surface area (TPSA) is 88.5 Å². The Balaban J connectivity index is 0.000000234. The van der Waals surface area contributed by atoms with E-state index in [2.05, 4.69) is 208 Å². The maximum atomic E-state index is 5.72. The van der Waals surface area contributed by atoms with Crippen LogP contribution in [0, 0.1) is 0 Å². The summed E-state index contributed by atoms with van der Waals surface area (Å²) in [6, 6.07) is 51.4. The molecule has 0 fully saturated rings. The van der Waals surface area contributed by atoms with Gasteiger partial charge in [0.2, 0.25) is 0 Å². The second-order valence-corrected chi connectivity index (χ2v) is 26.2. The first-order chi connectivity index (χ1) is 47.8. The molecule has 526 valence electrons. The summed E-state index contributed by atoms with van der Waals surface area (Å²) in [5, 5.41) is 0. The van der Waals surface area contributed by atoms with Gasteiger partial charge in [-0.05, 0) is 240 Å². The summed E-state index contributed by atoms with van der Waals surface area (Å²) >= 11 is 0. The molecule has 8 heteroatoms. The molecule has 0 saturated heterocycles. The van der Waals surface area contributed by atoms with E-state index in [9.17, 15) is 0 Å². The summed E-state index contributed by atoms with van der Waals surface area (Å²) in [6.45, 7) is 17.7. The zero-order valence-corrected chi connectivity index (χ0v) is 61.8. The zero-order valence-electron chi connectivity index (χ0n) is 61.8. The molecule has 0 aliphatic heterocycles. The number of ether oxygens (including phenoxy) is 4. The Kier molecular flexibility index (Phi) is 43.7. The van der Waals surface area contributed by atoms with E-state index in [-0.39, 0.29) is 0 Å². The van der Waals surface area contributed by atoms with Gasteiger partial charge in [0.15, 0.2) is 0 Å². The summed E-state index contributed by atoms with van der Waals surface area (Å²) < 4.78 is 22.0. The van der Waals surface area contributed by atoms with E-state index in [0.29, 0.717) is 6.61 Å². The van der Waals surface area contributed by atoms with E-state index < -0.39 is 0 Å². The molecule has 4 aromatic heterocycles. The Morgan fingerprint density at radius 2 is 0.474 bits per heavy atom. The highest BCUT2D eigenvalue weighted by Gasteiger charge is 2.06. The van der Waals surface area contributed by atoms with Gasteiger partial charge in [0.05, 0.1) is 26.9 Å². The molecule has 0 aliphatic carbocycles. The van der Waals surface area contributed by atoms with Gasteiger partial charge in [-0.2, -0.15) is 0 Å². The van der Waals surface area contributed by atoms with Crippen molar-refractivity contribution in [3.05, 3.63) is 238 Å². The van der Waals surface area contributed by atoms with Crippen molar-refractivity contribution in [2.75, 3.05) is 26.9 Å². The molecule has 0 aliphatic rings. The first-order valence-corrected chi connectivity index (χ1v) is 38.3. The van der Waals surface area contributed by atoms with Gasteiger partial charge in [-0.25, -0.2) is 0 Å². The number of rotatable bonds is 45. The fraction of sp³-hybridized carbons (Fsp3) is 0.506. The minimum absolute atomic E-state index is 0.716. The van der Waals surface area contributed by atoms with E-state index in [4.69, 9.17) is 18.9 Å². The molecule has 0 amide bonds. The van der Waals surface area contributed by atoms with E-state index >= 15 is 0 Å². The number of aromatic nitrogens is 4. The molecule has 4 aromatic carbocycles. The van der Waals surface area contributed by atoms with E-state index in [1.54, 1.807) is 7.11 Å². The van der Waals surface area contributed by atoms with Crippen molar-refractivity contribution in [2.45, 2.75) is 267 Å². The van der Waals surface area contributed by atoms with Crippen molar-refractivity contribution in [3.63, 3.8) is 0 Å². The first-order valence-electron chi connectivity index (χ1n) is 38.3. The average molecular weight is 1320 g/mol. The number of hydrogen-bond donors (Lipinski definition) is 0. The van der Waals surface area contributed by atoms with Crippen LogP contribution in [0.25, 0.3) is 0 Å². The van der Waals surface area contributed by atoms with Crippen molar-refractivity contribution in [2.24, 2.45) is 0 Å². The van der Waals surface area contributed by atoms with Crippen molar-refractivity contribution < 1.29 is 18.9 Å². The van der Waals surface area contributed by atoms with Crippen LogP contribution in [0.1, 0.15) is 257 Å². The van der Waals surface area contributed by atoms with Crippen molar-refractivity contribution in [3.8, 4) is 23.0 Å². The highest BCUT2D eigenvalue weighted by Crippen LogP contribution is 2.20. The zero-order chi connectivity index (χ0) is 68.9. The lowest BCUT2D eigenvalue weighted by Gasteiger charge is -2.07. The standard InChI is InChI=1S/C24H35NO.C23H33NO.C22H31NO.C20H27NO/c1-3-5-7-8-9-10-22-12-16-23(25-20-22)15-11-21-13-17-24(18-14-21)26-19-6-4-2;1-3-5-6-7-8-9-21-11-15-22(24-19-21)14-10-20-12-16-23(17-13-20)25-18-4-2;1-3-5-6-7-8-9-20-11-15-21(23-18-20)14-10-19-12-16-22(17-13-19)24-4-2;1-3-4-5-6-7-18-9-13-19(21-16-18)12-8-17-10-14-20(22-2)15-11-17/h12-14,16-18,20H,3-11,15,19H2,1-2H3;11-13,15-17,19H,3-10,14,18H2,1-2H3;11-13,15-18H,3-10,14H2,1-2H3;9-11,13-16H,3-8,12H2,1-2H3. The smallest absolute Gasteiger partial charge is 0.119 e. The van der Waals surface area contributed by atoms with Crippen LogP contribution in [0.5, 0.6) is 23.0 Å². The molecule has 0 spiro atoms. The lowest BCUT2D eigenvalue weighted by atomic mass is 10.0. The summed E-state index contributed by atoms with van der Waals surface area (Å²) in [5.74, 6) is 3.80. The number of methoxy groups -OCH3 is 1. The van der Waals surface area contributed by atoms with Gasteiger partial charge in [0.1, 0.15) is 23.0 Å². The summed E-state index contributed by atoms with van der Waals surface area (Å²) in [5.41, 5.74) is 15.5. The van der Waals surface area contributed by atoms with Crippen LogP contribution >= 0.6 is 0 Å². The van der Waals surface area contributed by atoms with Crippen molar-refractivity contribution in [1.29, 1.82) is 0 Å². The number of hydrogen-bond acceptors (Lipinski definition) is 8. The summed E-state index contributed by atoms with van der Waals surface area (Å²) in [4.78, 5) is 18.5. The third-order valence-electron chi connectivity index (χ3n) is 17.7. The van der Waals surface area contributed by atoms with Crippen LogP contribution in [-0.2, 0) is 77.0 Å². The molecule has 0 bridgehead atoms. The first kappa shape index (κ1) is 80.4. The summed E-state index contributed by atoms with van der Waals surface area (Å²) in [7, 11) is 1.70.